The fourth-order valence-corrected chi connectivity index (χ4v) is 5.05. The zero-order chi connectivity index (χ0) is 29.6. The summed E-state index contributed by atoms with van der Waals surface area (Å²) in [5, 5.41) is 1.06. The number of ether oxygens (including phenoxy) is 6. The highest BCUT2D eigenvalue weighted by atomic mass is 16.7. The van der Waals surface area contributed by atoms with Crippen LogP contribution in [0.2, 0.25) is 0 Å². The van der Waals surface area contributed by atoms with Crippen molar-refractivity contribution in [2.45, 2.75) is 33.6 Å². The van der Waals surface area contributed by atoms with Gasteiger partial charge in [0.25, 0.3) is 0 Å². The van der Waals surface area contributed by atoms with Gasteiger partial charge >= 0.3 is 5.97 Å². The smallest absolute Gasteiger partial charge is 0.344 e. The summed E-state index contributed by atoms with van der Waals surface area (Å²) in [5.41, 5.74) is 5.20. The third kappa shape index (κ3) is 6.54. The van der Waals surface area contributed by atoms with Crippen LogP contribution in [-0.4, -0.2) is 30.5 Å². The summed E-state index contributed by atoms with van der Waals surface area (Å²) < 4.78 is 36.3. The highest BCUT2D eigenvalue weighted by molar-refractivity contribution is 5.88. The molecule has 2 heterocycles. The third-order valence-corrected chi connectivity index (χ3v) is 7.22. The van der Waals surface area contributed by atoms with E-state index in [-0.39, 0.29) is 13.4 Å². The molecule has 0 saturated carbocycles. The van der Waals surface area contributed by atoms with Crippen LogP contribution in [0.1, 0.15) is 29.2 Å². The highest BCUT2D eigenvalue weighted by Crippen LogP contribution is 2.37. The summed E-state index contributed by atoms with van der Waals surface area (Å²) in [4.78, 5) is 11.7. The molecule has 0 amide bonds. The SMILES string of the molecule is CCOC(=O)COc1ccc(Cn2c(OCc3ccc4c(c3)OCO4)c(C)c3cc(OCc4ccccc4)ccc32)cc1. The van der Waals surface area contributed by atoms with E-state index >= 15 is 0 Å². The number of carbonyl (C=O) groups is 1. The fraction of sp³-hybridized carbons (Fsp3) is 0.229. The van der Waals surface area contributed by atoms with Gasteiger partial charge in [-0.1, -0.05) is 48.5 Å². The van der Waals surface area contributed by atoms with E-state index in [1.165, 1.54) is 0 Å². The molecule has 1 aliphatic rings. The molecule has 0 bridgehead atoms. The number of esters is 1. The van der Waals surface area contributed by atoms with Crippen LogP contribution in [0.25, 0.3) is 10.9 Å². The minimum atomic E-state index is -0.391. The molecule has 5 aromatic rings. The van der Waals surface area contributed by atoms with Crippen LogP contribution in [0.15, 0.2) is 91.0 Å². The van der Waals surface area contributed by atoms with Gasteiger partial charge in [0.15, 0.2) is 24.0 Å². The topological polar surface area (TPSA) is 77.4 Å². The molecular formula is C35H33NO7. The molecule has 0 radical (unpaired) electrons. The van der Waals surface area contributed by atoms with E-state index in [1.807, 2.05) is 66.7 Å². The number of carbonyl (C=O) groups excluding carboxylic acids is 1. The Morgan fingerprint density at radius 2 is 1.51 bits per heavy atom. The standard InChI is InChI=1S/C35H33NO7/c1-3-38-34(37)22-40-28-12-9-25(10-13-28)19-36-31-15-14-29(39-20-26-7-5-4-6-8-26)18-30(31)24(2)35(36)41-21-27-11-16-32-33(17-27)43-23-42-32/h4-18H,3,19-23H2,1-2H3. The van der Waals surface area contributed by atoms with Crippen molar-refractivity contribution in [2.24, 2.45) is 0 Å². The number of fused-ring (bicyclic) bond motifs is 2. The molecule has 8 heteroatoms. The lowest BCUT2D eigenvalue weighted by Gasteiger charge is -2.14. The molecular weight excluding hydrogens is 546 g/mol. The van der Waals surface area contributed by atoms with Gasteiger partial charge in [-0.05, 0) is 73.0 Å². The quantitative estimate of drug-likeness (QED) is 0.150. The normalized spacial score (nSPS) is 11.9. The van der Waals surface area contributed by atoms with E-state index in [0.717, 1.165) is 56.3 Å². The first-order valence-electron chi connectivity index (χ1n) is 14.3. The Kier molecular flexibility index (Phi) is 8.35. The summed E-state index contributed by atoms with van der Waals surface area (Å²) in [6.45, 7) is 5.70. The van der Waals surface area contributed by atoms with Gasteiger partial charge in [-0.2, -0.15) is 0 Å². The average molecular weight is 580 g/mol. The van der Waals surface area contributed by atoms with Crippen molar-refractivity contribution in [1.82, 2.24) is 4.57 Å². The van der Waals surface area contributed by atoms with Gasteiger partial charge in [-0.25, -0.2) is 4.79 Å². The lowest BCUT2D eigenvalue weighted by atomic mass is 10.2. The van der Waals surface area contributed by atoms with Crippen molar-refractivity contribution in [3.8, 4) is 28.9 Å². The molecule has 0 saturated heterocycles. The first-order chi connectivity index (χ1) is 21.1. The minimum absolute atomic E-state index is 0.124. The first kappa shape index (κ1) is 28.0. The van der Waals surface area contributed by atoms with Crippen molar-refractivity contribution < 1.29 is 33.2 Å². The van der Waals surface area contributed by atoms with Crippen LogP contribution in [0.5, 0.6) is 28.9 Å². The molecule has 0 fully saturated rings. The maximum Gasteiger partial charge on any atom is 0.344 e. The second-order valence-electron chi connectivity index (χ2n) is 10.2. The number of aryl methyl sites for hydroxylation is 1. The molecule has 0 unspecified atom stereocenters. The molecule has 220 valence electrons. The number of aromatic nitrogens is 1. The van der Waals surface area contributed by atoms with Crippen molar-refractivity contribution in [2.75, 3.05) is 20.0 Å². The molecule has 0 atom stereocenters. The van der Waals surface area contributed by atoms with Crippen molar-refractivity contribution in [1.29, 1.82) is 0 Å². The van der Waals surface area contributed by atoms with Gasteiger partial charge < -0.3 is 33.0 Å². The Morgan fingerprint density at radius 1 is 0.767 bits per heavy atom. The van der Waals surface area contributed by atoms with Crippen LogP contribution >= 0.6 is 0 Å². The monoisotopic (exact) mass is 579 g/mol. The van der Waals surface area contributed by atoms with Gasteiger partial charge in [0, 0.05) is 10.9 Å². The van der Waals surface area contributed by atoms with Gasteiger partial charge in [-0.15, -0.1) is 0 Å². The number of hydrogen-bond acceptors (Lipinski definition) is 7. The predicted molar refractivity (Wildman–Crippen MR) is 162 cm³/mol. The number of nitrogens with zero attached hydrogens (tertiary/aromatic N) is 1. The second-order valence-corrected chi connectivity index (χ2v) is 10.2. The van der Waals surface area contributed by atoms with Gasteiger partial charge in [-0.3, -0.25) is 0 Å². The summed E-state index contributed by atoms with van der Waals surface area (Å²) in [6.07, 6.45) is 0. The highest BCUT2D eigenvalue weighted by Gasteiger charge is 2.19. The second kappa shape index (κ2) is 12.8. The number of rotatable bonds is 12. The van der Waals surface area contributed by atoms with E-state index < -0.39 is 5.97 Å². The molecule has 1 aromatic heterocycles. The summed E-state index contributed by atoms with van der Waals surface area (Å²) in [5.74, 6) is 3.25. The first-order valence-corrected chi connectivity index (χ1v) is 14.3. The molecule has 0 N–H and O–H groups in total. The van der Waals surface area contributed by atoms with E-state index in [2.05, 4.69) is 35.8 Å². The Hall–Kier alpha value is -5.11. The lowest BCUT2D eigenvalue weighted by Crippen LogP contribution is -2.14. The maximum atomic E-state index is 11.7. The van der Waals surface area contributed by atoms with Gasteiger partial charge in [0.1, 0.15) is 24.7 Å². The van der Waals surface area contributed by atoms with E-state index in [9.17, 15) is 4.79 Å². The summed E-state index contributed by atoms with van der Waals surface area (Å²) >= 11 is 0. The Balaban J connectivity index is 1.26. The van der Waals surface area contributed by atoms with E-state index in [1.54, 1.807) is 6.92 Å². The Morgan fingerprint density at radius 3 is 2.33 bits per heavy atom. The molecule has 8 nitrogen and oxygen atoms in total. The molecule has 6 rings (SSSR count). The predicted octanol–water partition coefficient (Wildman–Crippen LogP) is 6.83. The Bertz CT molecular complexity index is 1710. The summed E-state index contributed by atoms with van der Waals surface area (Å²) in [6, 6.07) is 29.8. The largest absolute Gasteiger partial charge is 0.489 e. The van der Waals surface area contributed by atoms with Crippen molar-refractivity contribution in [3.05, 3.63) is 113 Å². The van der Waals surface area contributed by atoms with Crippen LogP contribution in [-0.2, 0) is 29.3 Å². The molecule has 0 aliphatic carbocycles. The zero-order valence-electron chi connectivity index (χ0n) is 24.2. The average Bonchev–Trinajstić information content (AvgIpc) is 3.61. The maximum absolute atomic E-state index is 11.7. The molecule has 4 aromatic carbocycles. The fourth-order valence-electron chi connectivity index (χ4n) is 5.05. The van der Waals surface area contributed by atoms with Crippen LogP contribution in [0.4, 0.5) is 0 Å². The van der Waals surface area contributed by atoms with Crippen molar-refractivity contribution in [3.63, 3.8) is 0 Å². The molecule has 0 spiro atoms. The Labute approximate surface area is 250 Å². The lowest BCUT2D eigenvalue weighted by molar-refractivity contribution is -0.145. The van der Waals surface area contributed by atoms with E-state index in [0.29, 0.717) is 32.1 Å². The van der Waals surface area contributed by atoms with Crippen LogP contribution in [0, 0.1) is 6.92 Å². The van der Waals surface area contributed by atoms with Crippen molar-refractivity contribution >= 4 is 16.9 Å². The van der Waals surface area contributed by atoms with E-state index in [4.69, 9.17) is 28.4 Å². The third-order valence-electron chi connectivity index (χ3n) is 7.22. The minimum Gasteiger partial charge on any atom is -0.489 e. The van der Waals surface area contributed by atoms with Crippen LogP contribution in [0.3, 0.4) is 0 Å². The number of benzene rings is 4. The van der Waals surface area contributed by atoms with Gasteiger partial charge in [0.05, 0.1) is 18.7 Å². The molecule has 43 heavy (non-hydrogen) atoms. The summed E-state index contributed by atoms with van der Waals surface area (Å²) in [7, 11) is 0. The molecule has 1 aliphatic heterocycles. The van der Waals surface area contributed by atoms with Crippen LogP contribution < -0.4 is 23.7 Å². The van der Waals surface area contributed by atoms with Gasteiger partial charge in [0.2, 0.25) is 6.79 Å². The zero-order valence-corrected chi connectivity index (χ0v) is 24.2. The number of hydrogen-bond donors (Lipinski definition) is 0.